The number of para-hydroxylation sites is 1. The number of carbonyl (C=O) groups is 2. The van der Waals surface area contributed by atoms with Crippen molar-refractivity contribution in [3.63, 3.8) is 0 Å². The monoisotopic (exact) mass is 482 g/mol. The van der Waals surface area contributed by atoms with Crippen LogP contribution in [0.4, 0.5) is 0 Å². The van der Waals surface area contributed by atoms with Gasteiger partial charge in [-0.15, -0.1) is 0 Å². The third-order valence-corrected chi connectivity index (χ3v) is 5.79. The van der Waals surface area contributed by atoms with E-state index in [9.17, 15) is 14.2 Å². The number of hydrogen-bond acceptors (Lipinski definition) is 8. The van der Waals surface area contributed by atoms with Crippen LogP contribution in [0.5, 0.6) is 5.75 Å². The second-order valence-corrected chi connectivity index (χ2v) is 8.68. The first-order chi connectivity index (χ1) is 16.0. The van der Waals surface area contributed by atoms with Crippen molar-refractivity contribution in [2.75, 3.05) is 26.4 Å². The molecule has 0 bridgehead atoms. The fourth-order valence-electron chi connectivity index (χ4n) is 2.63. The number of esters is 2. The number of ether oxygens (including phenoxy) is 2. The summed E-state index contributed by atoms with van der Waals surface area (Å²) in [4.78, 5) is 22.0. The lowest BCUT2D eigenvalue weighted by molar-refractivity contribution is -0.138. The van der Waals surface area contributed by atoms with Crippen molar-refractivity contribution >= 4 is 19.8 Å². The van der Waals surface area contributed by atoms with E-state index in [4.69, 9.17) is 23.0 Å². The molecule has 8 nitrogen and oxygen atoms in total. The van der Waals surface area contributed by atoms with E-state index in [1.165, 1.54) is 0 Å². The Labute approximate surface area is 196 Å². The van der Waals surface area contributed by atoms with Crippen LogP contribution >= 0.6 is 7.82 Å². The number of unbranched alkanes of at least 4 members (excludes halogenated alkanes) is 6. The highest BCUT2D eigenvalue weighted by Crippen LogP contribution is 2.49. The van der Waals surface area contributed by atoms with Crippen LogP contribution in [0.2, 0.25) is 0 Å². The second-order valence-electron chi connectivity index (χ2n) is 7.09. The van der Waals surface area contributed by atoms with Gasteiger partial charge in [0.2, 0.25) is 0 Å². The molecule has 1 aromatic rings. The Kier molecular flexibility index (Phi) is 15.7. The van der Waals surface area contributed by atoms with E-state index in [-0.39, 0.29) is 13.2 Å². The third-order valence-electron chi connectivity index (χ3n) is 4.36. The number of phosphoric ester groups is 1. The van der Waals surface area contributed by atoms with Gasteiger partial charge in [-0.05, 0) is 50.7 Å². The molecule has 0 amide bonds. The Morgan fingerprint density at radius 3 is 1.55 bits per heavy atom. The Morgan fingerprint density at radius 1 is 0.697 bits per heavy atom. The Bertz CT molecular complexity index is 710. The number of carbonyl (C=O) groups excluding carboxylic acids is 2. The average Bonchev–Trinajstić information content (AvgIpc) is 2.82. The summed E-state index contributed by atoms with van der Waals surface area (Å²) in [5.74, 6) is -0.440. The summed E-state index contributed by atoms with van der Waals surface area (Å²) in [6.45, 7) is 7.84. The van der Waals surface area contributed by atoms with E-state index in [0.29, 0.717) is 31.8 Å². The zero-order valence-electron chi connectivity index (χ0n) is 19.2. The van der Waals surface area contributed by atoms with Crippen molar-refractivity contribution in [3.05, 3.63) is 55.6 Å². The van der Waals surface area contributed by atoms with Crippen LogP contribution < -0.4 is 4.52 Å². The molecule has 9 heteroatoms. The van der Waals surface area contributed by atoms with Crippen molar-refractivity contribution < 1.29 is 37.2 Å². The van der Waals surface area contributed by atoms with Crippen molar-refractivity contribution in [3.8, 4) is 5.75 Å². The lowest BCUT2D eigenvalue weighted by Gasteiger charge is -2.18. The molecule has 0 saturated carbocycles. The molecule has 1 rings (SSSR count). The molecule has 0 aliphatic heterocycles. The maximum absolute atomic E-state index is 13.1. The maximum Gasteiger partial charge on any atom is 0.530 e. The third kappa shape index (κ3) is 15.1. The first-order valence-electron chi connectivity index (χ1n) is 11.2. The summed E-state index contributed by atoms with van der Waals surface area (Å²) in [6, 6.07) is 8.76. The fourth-order valence-corrected chi connectivity index (χ4v) is 3.90. The molecule has 0 aliphatic carbocycles. The molecule has 0 unspecified atom stereocenters. The van der Waals surface area contributed by atoms with E-state index >= 15 is 0 Å². The first-order valence-corrected chi connectivity index (χ1v) is 12.7. The van der Waals surface area contributed by atoms with Gasteiger partial charge in [0.25, 0.3) is 0 Å². The predicted octanol–water partition coefficient (Wildman–Crippen LogP) is 5.79. The molecule has 0 heterocycles. The lowest BCUT2D eigenvalue weighted by atomic mass is 10.2. The standard InChI is InChI=1S/C24H35O8P/c1-3-23(25)28-18-12-5-7-14-20-30-33(27,32-22-16-10-9-11-17-22)31-21-15-8-6-13-19-29-24(26)4-2/h3-4,9-11,16-17H,1-2,5-8,12-15,18-21H2. The van der Waals surface area contributed by atoms with Crippen LogP contribution in [0, 0.1) is 0 Å². The van der Waals surface area contributed by atoms with E-state index in [1.807, 2.05) is 6.07 Å². The fraction of sp³-hybridized carbons (Fsp3) is 0.500. The molecule has 0 aromatic heterocycles. The van der Waals surface area contributed by atoms with Gasteiger partial charge in [0.05, 0.1) is 26.4 Å². The second kappa shape index (κ2) is 18.1. The summed E-state index contributed by atoms with van der Waals surface area (Å²) in [7, 11) is -3.76. The summed E-state index contributed by atoms with van der Waals surface area (Å²) in [5.41, 5.74) is 0. The lowest BCUT2D eigenvalue weighted by Crippen LogP contribution is -2.06. The van der Waals surface area contributed by atoms with Gasteiger partial charge >= 0.3 is 19.8 Å². The van der Waals surface area contributed by atoms with Crippen molar-refractivity contribution in [1.29, 1.82) is 0 Å². The summed E-state index contributed by atoms with van der Waals surface area (Å²) in [5, 5.41) is 0. The topological polar surface area (TPSA) is 97.4 Å². The van der Waals surface area contributed by atoms with E-state index in [0.717, 1.165) is 50.7 Å². The average molecular weight is 483 g/mol. The predicted molar refractivity (Wildman–Crippen MR) is 126 cm³/mol. The molecule has 33 heavy (non-hydrogen) atoms. The number of benzene rings is 1. The highest BCUT2D eigenvalue weighted by molar-refractivity contribution is 7.48. The number of rotatable bonds is 20. The molecule has 0 radical (unpaired) electrons. The zero-order chi connectivity index (χ0) is 24.2. The largest absolute Gasteiger partial charge is 0.530 e. The minimum absolute atomic E-state index is 0.227. The van der Waals surface area contributed by atoms with E-state index in [1.54, 1.807) is 24.3 Å². The Hall–Kier alpha value is -2.41. The van der Waals surface area contributed by atoms with Crippen molar-refractivity contribution in [1.82, 2.24) is 0 Å². The summed E-state index contributed by atoms with van der Waals surface area (Å²) in [6.07, 6.45) is 8.44. The normalized spacial score (nSPS) is 10.9. The molecule has 184 valence electrons. The highest BCUT2D eigenvalue weighted by atomic mass is 31.2. The molecular weight excluding hydrogens is 447 g/mol. The molecule has 0 atom stereocenters. The van der Waals surface area contributed by atoms with Crippen LogP contribution in [0.1, 0.15) is 51.4 Å². The highest BCUT2D eigenvalue weighted by Gasteiger charge is 2.28. The minimum Gasteiger partial charge on any atom is -0.463 e. The van der Waals surface area contributed by atoms with Gasteiger partial charge in [0.15, 0.2) is 0 Å². The first kappa shape index (κ1) is 28.6. The molecule has 0 spiro atoms. The molecule has 1 aromatic carbocycles. The molecule has 0 saturated heterocycles. The van der Waals surface area contributed by atoms with Gasteiger partial charge in [-0.25, -0.2) is 14.2 Å². The van der Waals surface area contributed by atoms with Crippen LogP contribution in [0.25, 0.3) is 0 Å². The van der Waals surface area contributed by atoms with Gasteiger partial charge in [-0.1, -0.05) is 44.2 Å². The quantitative estimate of drug-likeness (QED) is 0.0998. The maximum atomic E-state index is 13.1. The van der Waals surface area contributed by atoms with Crippen LogP contribution in [-0.2, 0) is 32.7 Å². The van der Waals surface area contributed by atoms with Gasteiger partial charge in [0, 0.05) is 12.2 Å². The Morgan fingerprint density at radius 2 is 1.12 bits per heavy atom. The number of phosphoric acid groups is 1. The van der Waals surface area contributed by atoms with Gasteiger partial charge in [-0.2, -0.15) is 0 Å². The van der Waals surface area contributed by atoms with Gasteiger partial charge in [0.1, 0.15) is 5.75 Å². The summed E-state index contributed by atoms with van der Waals surface area (Å²) < 4.78 is 39.5. The van der Waals surface area contributed by atoms with E-state index < -0.39 is 19.8 Å². The van der Waals surface area contributed by atoms with Crippen molar-refractivity contribution in [2.45, 2.75) is 51.4 Å². The van der Waals surface area contributed by atoms with Crippen LogP contribution in [0.15, 0.2) is 55.6 Å². The van der Waals surface area contributed by atoms with Crippen LogP contribution in [0.3, 0.4) is 0 Å². The molecule has 0 N–H and O–H groups in total. The summed E-state index contributed by atoms with van der Waals surface area (Å²) >= 11 is 0. The molecule has 0 fully saturated rings. The Balaban J connectivity index is 2.30. The van der Waals surface area contributed by atoms with Crippen molar-refractivity contribution in [2.24, 2.45) is 0 Å². The van der Waals surface area contributed by atoms with Gasteiger partial charge in [-0.3, -0.25) is 9.05 Å². The van der Waals surface area contributed by atoms with E-state index in [2.05, 4.69) is 13.2 Å². The SMILES string of the molecule is C=CC(=O)OCCCCCCOP(=O)(OCCCCCCOC(=O)C=C)Oc1ccccc1. The number of hydrogen-bond donors (Lipinski definition) is 0. The van der Waals surface area contributed by atoms with Crippen LogP contribution in [-0.4, -0.2) is 38.4 Å². The minimum atomic E-state index is -3.76. The smallest absolute Gasteiger partial charge is 0.463 e. The zero-order valence-corrected chi connectivity index (χ0v) is 20.0. The van der Waals surface area contributed by atoms with Gasteiger partial charge < -0.3 is 14.0 Å². The molecular formula is C24H35O8P. The molecule has 0 aliphatic rings.